The molecule has 3 rings (SSSR count). The lowest BCUT2D eigenvalue weighted by atomic mass is 10.1. The summed E-state index contributed by atoms with van der Waals surface area (Å²) in [4.78, 5) is 20.3. The second kappa shape index (κ2) is 5.71. The molecule has 0 saturated heterocycles. The average molecular weight is 320 g/mol. The summed E-state index contributed by atoms with van der Waals surface area (Å²) in [5, 5.41) is 2.56. The molecule has 0 aliphatic heterocycles. The molecule has 2 heterocycles. The van der Waals surface area contributed by atoms with Crippen LogP contribution in [0.1, 0.15) is 29.0 Å². The fourth-order valence-corrected chi connectivity index (χ4v) is 2.19. The monoisotopic (exact) mass is 320 g/mol. The van der Waals surface area contributed by atoms with E-state index in [1.807, 2.05) is 0 Å². The highest BCUT2D eigenvalue weighted by Gasteiger charge is 2.19. The molecule has 1 atom stereocenters. The minimum absolute atomic E-state index is 0.0763. The molecule has 0 bridgehead atoms. The number of imidazole rings is 1. The Morgan fingerprint density at radius 1 is 1.13 bits per heavy atom. The molecular formula is C15H11F3N4O. The molecule has 0 unspecified atom stereocenters. The zero-order valence-corrected chi connectivity index (χ0v) is 11.9. The predicted octanol–water partition coefficient (Wildman–Crippen LogP) is 2.64. The van der Waals surface area contributed by atoms with Crippen molar-refractivity contribution in [2.45, 2.75) is 13.0 Å². The molecule has 118 valence electrons. The molecule has 0 aliphatic rings. The van der Waals surface area contributed by atoms with Crippen molar-refractivity contribution in [1.29, 1.82) is 0 Å². The highest BCUT2D eigenvalue weighted by molar-refractivity contribution is 5.97. The van der Waals surface area contributed by atoms with Gasteiger partial charge in [0, 0.05) is 24.8 Å². The van der Waals surface area contributed by atoms with Crippen LogP contribution in [0.15, 0.2) is 36.9 Å². The normalized spacial score (nSPS) is 12.3. The van der Waals surface area contributed by atoms with Crippen molar-refractivity contribution < 1.29 is 18.0 Å². The van der Waals surface area contributed by atoms with Gasteiger partial charge in [-0.25, -0.2) is 23.1 Å². The van der Waals surface area contributed by atoms with Crippen molar-refractivity contribution in [2.24, 2.45) is 0 Å². The zero-order valence-electron chi connectivity index (χ0n) is 11.9. The van der Waals surface area contributed by atoms with E-state index in [0.717, 1.165) is 12.1 Å². The van der Waals surface area contributed by atoms with Gasteiger partial charge >= 0.3 is 0 Å². The Morgan fingerprint density at radius 2 is 1.74 bits per heavy atom. The molecule has 3 aromatic rings. The first-order chi connectivity index (χ1) is 11.0. The molecule has 1 aromatic carbocycles. The molecule has 1 N–H and O–H groups in total. The summed E-state index contributed by atoms with van der Waals surface area (Å²) in [6, 6.07) is 0.934. The molecule has 2 aromatic heterocycles. The molecule has 0 spiro atoms. The van der Waals surface area contributed by atoms with E-state index in [-0.39, 0.29) is 11.3 Å². The summed E-state index contributed by atoms with van der Waals surface area (Å²) in [7, 11) is 0. The number of halogens is 3. The van der Waals surface area contributed by atoms with Crippen molar-refractivity contribution in [1.82, 2.24) is 19.7 Å². The number of nitrogens with one attached hydrogen (secondary N) is 1. The van der Waals surface area contributed by atoms with Gasteiger partial charge in [0.05, 0.1) is 6.04 Å². The van der Waals surface area contributed by atoms with E-state index >= 15 is 0 Å². The third-order valence-electron chi connectivity index (χ3n) is 3.38. The van der Waals surface area contributed by atoms with Crippen LogP contribution in [0.2, 0.25) is 0 Å². The van der Waals surface area contributed by atoms with Gasteiger partial charge in [-0.2, -0.15) is 0 Å². The quantitative estimate of drug-likeness (QED) is 0.755. The van der Waals surface area contributed by atoms with Crippen molar-refractivity contribution >= 4 is 11.6 Å². The van der Waals surface area contributed by atoms with Gasteiger partial charge in [0.15, 0.2) is 28.8 Å². The van der Waals surface area contributed by atoms with E-state index in [1.165, 1.54) is 19.3 Å². The Hall–Kier alpha value is -2.90. The number of amides is 1. The number of benzene rings is 1. The van der Waals surface area contributed by atoms with Crippen LogP contribution < -0.4 is 5.32 Å². The van der Waals surface area contributed by atoms with Crippen LogP contribution in [-0.4, -0.2) is 20.3 Å². The first-order valence-electron chi connectivity index (χ1n) is 6.70. The van der Waals surface area contributed by atoms with Crippen molar-refractivity contribution in [2.75, 3.05) is 0 Å². The maximum atomic E-state index is 13.3. The molecule has 5 nitrogen and oxygen atoms in total. The number of aromatic nitrogens is 3. The van der Waals surface area contributed by atoms with E-state index in [4.69, 9.17) is 0 Å². The Labute approximate surface area is 128 Å². The topological polar surface area (TPSA) is 59.3 Å². The average Bonchev–Trinajstić information content (AvgIpc) is 3.00. The van der Waals surface area contributed by atoms with E-state index in [9.17, 15) is 18.0 Å². The maximum Gasteiger partial charge on any atom is 0.274 e. The predicted molar refractivity (Wildman–Crippen MR) is 75.2 cm³/mol. The van der Waals surface area contributed by atoms with Gasteiger partial charge in [-0.05, 0) is 24.6 Å². The van der Waals surface area contributed by atoms with E-state index in [0.29, 0.717) is 5.65 Å². The van der Waals surface area contributed by atoms with Crippen LogP contribution in [0.3, 0.4) is 0 Å². The smallest absolute Gasteiger partial charge is 0.274 e. The van der Waals surface area contributed by atoms with Crippen LogP contribution in [-0.2, 0) is 0 Å². The zero-order chi connectivity index (χ0) is 16.6. The van der Waals surface area contributed by atoms with Crippen molar-refractivity contribution in [3.05, 3.63) is 65.6 Å². The van der Waals surface area contributed by atoms with E-state index in [1.54, 1.807) is 16.8 Å². The summed E-state index contributed by atoms with van der Waals surface area (Å²) in [6.07, 6.45) is 6.24. The molecule has 0 saturated carbocycles. The number of rotatable bonds is 3. The maximum absolute atomic E-state index is 13.3. The number of hydrogen-bond acceptors (Lipinski definition) is 3. The Kier molecular flexibility index (Phi) is 3.73. The van der Waals surface area contributed by atoms with Gasteiger partial charge in [0.25, 0.3) is 5.91 Å². The van der Waals surface area contributed by atoms with E-state index < -0.39 is 29.4 Å². The number of carbonyl (C=O) groups is 1. The van der Waals surface area contributed by atoms with Gasteiger partial charge in [0.1, 0.15) is 0 Å². The summed E-state index contributed by atoms with van der Waals surface area (Å²) < 4.78 is 41.1. The van der Waals surface area contributed by atoms with Crippen molar-refractivity contribution in [3.63, 3.8) is 0 Å². The summed E-state index contributed by atoms with van der Waals surface area (Å²) in [6.45, 7) is 1.52. The summed E-state index contributed by atoms with van der Waals surface area (Å²) in [5.41, 5.74) is 0.533. The molecule has 23 heavy (non-hydrogen) atoms. The van der Waals surface area contributed by atoms with Gasteiger partial charge in [-0.3, -0.25) is 4.79 Å². The largest absolute Gasteiger partial charge is 0.344 e. The summed E-state index contributed by atoms with van der Waals surface area (Å²) >= 11 is 0. The molecule has 0 fully saturated rings. The lowest BCUT2D eigenvalue weighted by Gasteiger charge is -2.14. The molecule has 0 aliphatic carbocycles. The SMILES string of the molecule is C[C@H](NC(=O)c1nccn2ccnc12)c1cc(F)c(F)c(F)c1. The van der Waals surface area contributed by atoms with Gasteiger partial charge in [-0.1, -0.05) is 0 Å². The van der Waals surface area contributed by atoms with E-state index in [2.05, 4.69) is 15.3 Å². The highest BCUT2D eigenvalue weighted by atomic mass is 19.2. The second-order valence-electron chi connectivity index (χ2n) is 4.93. The highest BCUT2D eigenvalue weighted by Crippen LogP contribution is 2.19. The molecule has 1 amide bonds. The van der Waals surface area contributed by atoms with Gasteiger partial charge in [-0.15, -0.1) is 0 Å². The summed E-state index contributed by atoms with van der Waals surface area (Å²) in [5.74, 6) is -4.72. The molecule has 8 heteroatoms. The first-order valence-corrected chi connectivity index (χ1v) is 6.70. The van der Waals surface area contributed by atoms with Crippen LogP contribution in [0, 0.1) is 17.5 Å². The Balaban J connectivity index is 1.87. The number of fused-ring (bicyclic) bond motifs is 1. The van der Waals surface area contributed by atoms with Gasteiger partial charge in [0.2, 0.25) is 0 Å². The Morgan fingerprint density at radius 3 is 2.39 bits per heavy atom. The van der Waals surface area contributed by atoms with Crippen LogP contribution in [0.4, 0.5) is 13.2 Å². The lowest BCUT2D eigenvalue weighted by molar-refractivity contribution is 0.0936. The first kappa shape index (κ1) is 15.0. The number of nitrogens with zero attached hydrogens (tertiary/aromatic N) is 3. The Bertz CT molecular complexity index is 870. The third-order valence-corrected chi connectivity index (χ3v) is 3.38. The van der Waals surface area contributed by atoms with Crippen LogP contribution >= 0.6 is 0 Å². The van der Waals surface area contributed by atoms with Crippen molar-refractivity contribution in [3.8, 4) is 0 Å². The van der Waals surface area contributed by atoms with Crippen LogP contribution in [0.5, 0.6) is 0 Å². The standard InChI is InChI=1S/C15H11F3N4O/c1-8(9-6-10(16)12(18)11(17)7-9)21-15(23)13-14-20-3-5-22(14)4-2-19-13/h2-8H,1H3,(H,21,23)/t8-/m0/s1. The minimum Gasteiger partial charge on any atom is -0.344 e. The molecule has 0 radical (unpaired) electrons. The minimum atomic E-state index is -1.55. The second-order valence-corrected chi connectivity index (χ2v) is 4.93. The van der Waals surface area contributed by atoms with Gasteiger partial charge < -0.3 is 9.72 Å². The fourth-order valence-electron chi connectivity index (χ4n) is 2.19. The van der Waals surface area contributed by atoms with Crippen LogP contribution in [0.25, 0.3) is 5.65 Å². The third kappa shape index (κ3) is 2.75. The fraction of sp³-hybridized carbons (Fsp3) is 0.133. The number of carbonyl (C=O) groups excluding carboxylic acids is 1. The lowest BCUT2D eigenvalue weighted by Crippen LogP contribution is -2.28. The molecular weight excluding hydrogens is 309 g/mol. The number of hydrogen-bond donors (Lipinski definition) is 1.